The predicted molar refractivity (Wildman–Crippen MR) is 123 cm³/mol. The summed E-state index contributed by atoms with van der Waals surface area (Å²) in [5, 5.41) is 17.2. The lowest BCUT2D eigenvalue weighted by Gasteiger charge is -2.55. The molecule has 0 aromatic heterocycles. The summed E-state index contributed by atoms with van der Waals surface area (Å²) in [6.45, 7) is 22.4. The number of aliphatic hydroxyl groups is 1. The van der Waals surface area contributed by atoms with Crippen LogP contribution < -0.4 is 0 Å². The molecule has 3 rings (SSSR count). The second-order valence-corrected chi connectivity index (χ2v) is 6.94. The molecule has 3 aliphatic rings. The Morgan fingerprint density at radius 1 is 0.933 bits per heavy atom. The second-order valence-electron chi connectivity index (χ2n) is 6.94. The van der Waals surface area contributed by atoms with Crippen LogP contribution in [0.15, 0.2) is 0 Å². The molecule has 3 fully saturated rings. The van der Waals surface area contributed by atoms with Gasteiger partial charge in [0, 0.05) is 64.9 Å². The highest BCUT2D eigenvalue weighted by molar-refractivity contribution is 5.64. The maximum absolute atomic E-state index is 10.5. The van der Waals surface area contributed by atoms with Crippen molar-refractivity contribution in [2.75, 3.05) is 85.9 Å². The molecule has 2 N–H and O–H groups in total. The van der Waals surface area contributed by atoms with E-state index in [-0.39, 0.29) is 0 Å². The van der Waals surface area contributed by atoms with E-state index >= 15 is 0 Å². The van der Waals surface area contributed by atoms with Crippen molar-refractivity contribution in [3.8, 4) is 0 Å². The van der Waals surface area contributed by atoms with Gasteiger partial charge in [-0.1, -0.05) is 41.5 Å². The largest absolute Gasteiger partial charge is 0.465 e. The van der Waals surface area contributed by atoms with Crippen molar-refractivity contribution >= 4 is 6.09 Å². The number of hydrogen-bond acceptors (Lipinski definition) is 6. The minimum Gasteiger partial charge on any atom is -0.465 e. The van der Waals surface area contributed by atoms with E-state index in [1.54, 1.807) is 7.05 Å². The summed E-state index contributed by atoms with van der Waals surface area (Å²) in [6.07, 6.45) is 0.0463. The van der Waals surface area contributed by atoms with Gasteiger partial charge in [0.2, 0.25) is 0 Å². The van der Waals surface area contributed by atoms with Crippen molar-refractivity contribution in [3.05, 3.63) is 0 Å². The third-order valence-corrected chi connectivity index (χ3v) is 4.75. The lowest BCUT2D eigenvalue weighted by molar-refractivity contribution is -0.189. The first kappa shape index (κ1) is 31.3. The fourth-order valence-electron chi connectivity index (χ4n) is 3.14. The summed E-state index contributed by atoms with van der Waals surface area (Å²) in [6, 6.07) is 0. The van der Waals surface area contributed by atoms with Crippen LogP contribution in [-0.2, 0) is 9.47 Å². The molecule has 3 saturated heterocycles. The van der Waals surface area contributed by atoms with Crippen molar-refractivity contribution in [2.24, 2.45) is 5.41 Å². The number of aliphatic hydroxyl groups excluding tert-OH is 1. The molecule has 0 bridgehead atoms. The number of rotatable bonds is 6. The van der Waals surface area contributed by atoms with Crippen LogP contribution >= 0.6 is 0 Å². The molecule has 3 aliphatic heterocycles. The molecule has 0 aromatic carbocycles. The highest BCUT2D eigenvalue weighted by Crippen LogP contribution is 2.37. The van der Waals surface area contributed by atoms with E-state index in [0.717, 1.165) is 59.0 Å². The topological polar surface area (TPSA) is 85.7 Å². The Kier molecular flexibility index (Phi) is 20.8. The zero-order valence-corrected chi connectivity index (χ0v) is 20.7. The molecule has 1 amide bonds. The van der Waals surface area contributed by atoms with Gasteiger partial charge in [0.05, 0.1) is 26.4 Å². The van der Waals surface area contributed by atoms with Crippen LogP contribution in [0.2, 0.25) is 0 Å². The van der Waals surface area contributed by atoms with Crippen molar-refractivity contribution in [1.82, 2.24) is 14.7 Å². The molecule has 8 heteroatoms. The van der Waals surface area contributed by atoms with E-state index in [0.29, 0.717) is 18.6 Å². The standard InChI is InChI=1S/C8H16N2O3.C8H15NO2.3C2H6/c1-9(8(11)12)2-3-10-4-6-13-7-5-10;10-3-1-2-9-4-8(5-9)6-11-7-8;3*1-2/h2-7H2,1H3,(H,11,12);10H,1-7H2;3*1-2H3. The molecule has 30 heavy (non-hydrogen) atoms. The highest BCUT2D eigenvalue weighted by Gasteiger charge is 2.48. The molecule has 0 unspecified atom stereocenters. The van der Waals surface area contributed by atoms with Crippen molar-refractivity contribution in [3.63, 3.8) is 0 Å². The van der Waals surface area contributed by atoms with Crippen molar-refractivity contribution < 1.29 is 24.5 Å². The van der Waals surface area contributed by atoms with Gasteiger partial charge in [-0.2, -0.15) is 0 Å². The number of carboxylic acid groups (broad SMARTS) is 1. The Balaban J connectivity index is 0. The molecule has 0 aliphatic carbocycles. The van der Waals surface area contributed by atoms with Gasteiger partial charge < -0.3 is 29.5 Å². The van der Waals surface area contributed by atoms with Crippen LogP contribution in [0.1, 0.15) is 48.0 Å². The summed E-state index contributed by atoms with van der Waals surface area (Å²) < 4.78 is 10.3. The normalized spacial score (nSPS) is 18.9. The summed E-state index contributed by atoms with van der Waals surface area (Å²) >= 11 is 0. The summed E-state index contributed by atoms with van der Waals surface area (Å²) in [5.41, 5.74) is 0.537. The zero-order chi connectivity index (χ0) is 23.4. The molecular formula is C22H49N3O5. The van der Waals surface area contributed by atoms with Crippen LogP contribution in [0.25, 0.3) is 0 Å². The Labute approximate surface area is 185 Å². The Morgan fingerprint density at radius 3 is 1.87 bits per heavy atom. The fourth-order valence-corrected chi connectivity index (χ4v) is 3.14. The monoisotopic (exact) mass is 435 g/mol. The summed E-state index contributed by atoms with van der Waals surface area (Å²) in [4.78, 5) is 16.4. The Hall–Kier alpha value is -0.930. The predicted octanol–water partition coefficient (Wildman–Crippen LogP) is 2.71. The quantitative estimate of drug-likeness (QED) is 0.663. The SMILES string of the molecule is CC.CC.CC.CN(CCN1CCOCC1)C(=O)O.OCCCN1CC2(COC2)C1. The first-order chi connectivity index (χ1) is 14.5. The smallest absolute Gasteiger partial charge is 0.407 e. The van der Waals surface area contributed by atoms with Crippen LogP contribution in [-0.4, -0.2) is 117 Å². The third kappa shape index (κ3) is 12.7. The lowest BCUT2D eigenvalue weighted by atomic mass is 9.78. The van der Waals surface area contributed by atoms with Crippen LogP contribution in [0, 0.1) is 5.41 Å². The number of amides is 1. The number of carbonyl (C=O) groups is 1. The summed E-state index contributed by atoms with van der Waals surface area (Å²) in [7, 11) is 1.59. The van der Waals surface area contributed by atoms with Gasteiger partial charge in [0.15, 0.2) is 0 Å². The molecule has 0 radical (unpaired) electrons. The molecule has 0 saturated carbocycles. The van der Waals surface area contributed by atoms with Gasteiger partial charge in [-0.15, -0.1) is 0 Å². The number of hydrogen-bond donors (Lipinski definition) is 2. The molecular weight excluding hydrogens is 386 g/mol. The van der Waals surface area contributed by atoms with E-state index in [1.165, 1.54) is 18.0 Å². The van der Waals surface area contributed by atoms with Gasteiger partial charge in [-0.05, 0) is 6.42 Å². The minimum absolute atomic E-state index is 0.319. The minimum atomic E-state index is -0.867. The fraction of sp³-hybridized carbons (Fsp3) is 0.955. The van der Waals surface area contributed by atoms with E-state index in [2.05, 4.69) is 9.80 Å². The highest BCUT2D eigenvalue weighted by atomic mass is 16.5. The number of ether oxygens (including phenoxy) is 2. The average molecular weight is 436 g/mol. The lowest BCUT2D eigenvalue weighted by Crippen LogP contribution is -2.65. The molecule has 0 aromatic rings. The molecule has 8 nitrogen and oxygen atoms in total. The van der Waals surface area contributed by atoms with Crippen LogP contribution in [0.4, 0.5) is 4.79 Å². The zero-order valence-electron chi connectivity index (χ0n) is 20.7. The molecule has 182 valence electrons. The van der Waals surface area contributed by atoms with Crippen LogP contribution in [0.3, 0.4) is 0 Å². The molecule has 1 spiro atoms. The van der Waals surface area contributed by atoms with E-state index in [1.807, 2.05) is 41.5 Å². The van der Waals surface area contributed by atoms with Gasteiger partial charge >= 0.3 is 6.09 Å². The summed E-state index contributed by atoms with van der Waals surface area (Å²) in [5.74, 6) is 0. The van der Waals surface area contributed by atoms with Crippen molar-refractivity contribution in [2.45, 2.75) is 48.0 Å². The number of nitrogens with zero attached hydrogens (tertiary/aromatic N) is 3. The Bertz CT molecular complexity index is 381. The number of likely N-dealkylation sites (tertiary alicyclic amines) is 1. The second kappa shape index (κ2) is 20.0. The molecule has 3 heterocycles. The average Bonchev–Trinajstić information content (AvgIpc) is 2.75. The van der Waals surface area contributed by atoms with Gasteiger partial charge in [0.1, 0.15) is 0 Å². The maximum atomic E-state index is 10.5. The molecule has 0 atom stereocenters. The Morgan fingerprint density at radius 2 is 1.47 bits per heavy atom. The van der Waals surface area contributed by atoms with E-state index in [4.69, 9.17) is 19.7 Å². The van der Waals surface area contributed by atoms with Gasteiger partial charge in [0.25, 0.3) is 0 Å². The third-order valence-electron chi connectivity index (χ3n) is 4.75. The maximum Gasteiger partial charge on any atom is 0.407 e. The van der Waals surface area contributed by atoms with Crippen LogP contribution in [0.5, 0.6) is 0 Å². The first-order valence-electron chi connectivity index (χ1n) is 11.7. The number of morpholine rings is 1. The van der Waals surface area contributed by atoms with Gasteiger partial charge in [-0.3, -0.25) is 4.90 Å². The number of likely N-dealkylation sites (N-methyl/N-ethyl adjacent to an activating group) is 1. The van der Waals surface area contributed by atoms with Gasteiger partial charge in [-0.25, -0.2) is 4.79 Å². The van der Waals surface area contributed by atoms with E-state index < -0.39 is 6.09 Å². The van der Waals surface area contributed by atoms with E-state index in [9.17, 15) is 4.79 Å². The van der Waals surface area contributed by atoms with Crippen molar-refractivity contribution in [1.29, 1.82) is 0 Å². The first-order valence-corrected chi connectivity index (χ1v) is 11.7.